The standard InChI is InChI=1S/C9H17NO/c1-5-9(3,4)8-10-7(2)6-11-8/h7H,5-6H2,1-4H3. The van der Waals surface area contributed by atoms with Gasteiger partial charge >= 0.3 is 0 Å². The summed E-state index contributed by atoms with van der Waals surface area (Å²) >= 11 is 0. The monoisotopic (exact) mass is 155 g/mol. The molecule has 1 aliphatic rings. The highest BCUT2D eigenvalue weighted by molar-refractivity contribution is 5.83. The lowest BCUT2D eigenvalue weighted by Gasteiger charge is -2.21. The fraction of sp³-hybridized carbons (Fsp3) is 0.889. The average Bonchev–Trinajstić information content (AvgIpc) is 2.36. The van der Waals surface area contributed by atoms with Crippen molar-refractivity contribution in [2.45, 2.75) is 40.2 Å². The first kappa shape index (κ1) is 8.57. The molecule has 0 N–H and O–H groups in total. The Kier molecular flexibility index (Phi) is 2.21. The van der Waals surface area contributed by atoms with Gasteiger partial charge in [-0.1, -0.05) is 20.8 Å². The van der Waals surface area contributed by atoms with Gasteiger partial charge in [0.05, 0.1) is 6.04 Å². The predicted molar refractivity (Wildman–Crippen MR) is 46.9 cm³/mol. The molecule has 0 radical (unpaired) electrons. The van der Waals surface area contributed by atoms with E-state index in [4.69, 9.17) is 4.74 Å². The van der Waals surface area contributed by atoms with Crippen molar-refractivity contribution in [1.29, 1.82) is 0 Å². The number of hydrogen-bond donors (Lipinski definition) is 0. The summed E-state index contributed by atoms with van der Waals surface area (Å²) in [7, 11) is 0. The molecule has 1 aliphatic heterocycles. The van der Waals surface area contributed by atoms with E-state index >= 15 is 0 Å². The van der Waals surface area contributed by atoms with Crippen molar-refractivity contribution in [1.82, 2.24) is 0 Å². The molecule has 0 aliphatic carbocycles. The molecule has 0 aromatic heterocycles. The fourth-order valence-corrected chi connectivity index (χ4v) is 0.996. The van der Waals surface area contributed by atoms with Crippen LogP contribution in [0.15, 0.2) is 4.99 Å². The zero-order valence-electron chi connectivity index (χ0n) is 7.85. The molecule has 1 rings (SSSR count). The van der Waals surface area contributed by atoms with Gasteiger partial charge in [0.25, 0.3) is 0 Å². The Balaban J connectivity index is 2.68. The van der Waals surface area contributed by atoms with Crippen LogP contribution < -0.4 is 0 Å². The Hall–Kier alpha value is -0.530. The molecule has 1 atom stereocenters. The van der Waals surface area contributed by atoms with Crippen molar-refractivity contribution >= 4 is 5.90 Å². The van der Waals surface area contributed by atoms with E-state index in [2.05, 4.69) is 32.7 Å². The molecular formula is C9H17NO. The van der Waals surface area contributed by atoms with Gasteiger partial charge in [0.2, 0.25) is 0 Å². The first-order valence-electron chi connectivity index (χ1n) is 4.27. The molecule has 2 nitrogen and oxygen atoms in total. The molecular weight excluding hydrogens is 138 g/mol. The summed E-state index contributed by atoms with van der Waals surface area (Å²) in [5, 5.41) is 0. The maximum atomic E-state index is 5.47. The van der Waals surface area contributed by atoms with Crippen molar-refractivity contribution < 1.29 is 4.74 Å². The average molecular weight is 155 g/mol. The van der Waals surface area contributed by atoms with E-state index in [0.717, 1.165) is 18.9 Å². The molecule has 11 heavy (non-hydrogen) atoms. The summed E-state index contributed by atoms with van der Waals surface area (Å²) in [6, 6.07) is 0.357. The van der Waals surface area contributed by atoms with Crippen molar-refractivity contribution in [3.8, 4) is 0 Å². The summed E-state index contributed by atoms with van der Waals surface area (Å²) in [5.74, 6) is 0.938. The largest absolute Gasteiger partial charge is 0.478 e. The highest BCUT2D eigenvalue weighted by atomic mass is 16.5. The fourth-order valence-electron chi connectivity index (χ4n) is 0.996. The lowest BCUT2D eigenvalue weighted by molar-refractivity contribution is 0.276. The van der Waals surface area contributed by atoms with E-state index in [-0.39, 0.29) is 5.41 Å². The molecule has 0 amide bonds. The van der Waals surface area contributed by atoms with Crippen LogP contribution in [-0.4, -0.2) is 18.5 Å². The normalized spacial score (nSPS) is 24.7. The Morgan fingerprint density at radius 1 is 1.64 bits per heavy atom. The Bertz CT molecular complexity index is 172. The van der Waals surface area contributed by atoms with E-state index in [1.54, 1.807) is 0 Å². The minimum atomic E-state index is 0.130. The molecule has 0 saturated carbocycles. The lowest BCUT2D eigenvalue weighted by atomic mass is 9.90. The van der Waals surface area contributed by atoms with Crippen molar-refractivity contribution in [2.24, 2.45) is 10.4 Å². The number of rotatable bonds is 2. The maximum Gasteiger partial charge on any atom is 0.189 e. The van der Waals surface area contributed by atoms with Crippen molar-refractivity contribution in [3.63, 3.8) is 0 Å². The molecule has 1 heterocycles. The molecule has 2 heteroatoms. The summed E-state index contributed by atoms with van der Waals surface area (Å²) in [6.07, 6.45) is 1.08. The van der Waals surface area contributed by atoms with Gasteiger partial charge in [-0.15, -0.1) is 0 Å². The van der Waals surface area contributed by atoms with Gasteiger partial charge in [0.15, 0.2) is 5.90 Å². The zero-order valence-corrected chi connectivity index (χ0v) is 7.85. The van der Waals surface area contributed by atoms with Gasteiger partial charge in [-0.2, -0.15) is 0 Å². The first-order valence-corrected chi connectivity index (χ1v) is 4.27. The van der Waals surface area contributed by atoms with Gasteiger partial charge in [-0.3, -0.25) is 0 Å². The van der Waals surface area contributed by atoms with Crippen LogP contribution in [0.3, 0.4) is 0 Å². The van der Waals surface area contributed by atoms with Crippen molar-refractivity contribution in [3.05, 3.63) is 0 Å². The molecule has 0 bridgehead atoms. The first-order chi connectivity index (χ1) is 5.06. The van der Waals surface area contributed by atoms with Crippen LogP contribution in [-0.2, 0) is 4.74 Å². The van der Waals surface area contributed by atoms with Crippen LogP contribution in [0, 0.1) is 5.41 Å². The topological polar surface area (TPSA) is 21.6 Å². The SMILES string of the molecule is CCC(C)(C)C1=NC(C)CO1. The molecule has 64 valence electrons. The number of nitrogens with zero attached hydrogens (tertiary/aromatic N) is 1. The van der Waals surface area contributed by atoms with Crippen LogP contribution in [0.1, 0.15) is 34.1 Å². The van der Waals surface area contributed by atoms with Crippen molar-refractivity contribution in [2.75, 3.05) is 6.61 Å². The second kappa shape index (κ2) is 2.84. The number of ether oxygens (including phenoxy) is 1. The van der Waals surface area contributed by atoms with E-state index in [1.165, 1.54) is 0 Å². The van der Waals surface area contributed by atoms with Gasteiger partial charge in [0, 0.05) is 5.41 Å². The molecule has 0 spiro atoms. The zero-order chi connectivity index (χ0) is 8.48. The summed E-state index contributed by atoms with van der Waals surface area (Å²) in [4.78, 5) is 4.43. The maximum absolute atomic E-state index is 5.47. The summed E-state index contributed by atoms with van der Waals surface area (Å²) in [5.41, 5.74) is 0.130. The van der Waals surface area contributed by atoms with E-state index in [1.807, 2.05) is 0 Å². The van der Waals surface area contributed by atoms with Gasteiger partial charge in [0.1, 0.15) is 6.61 Å². The molecule has 0 saturated heterocycles. The summed E-state index contributed by atoms with van der Waals surface area (Å²) < 4.78 is 5.47. The van der Waals surface area contributed by atoms with E-state index in [9.17, 15) is 0 Å². The van der Waals surface area contributed by atoms with Crippen LogP contribution in [0.4, 0.5) is 0 Å². The van der Waals surface area contributed by atoms with E-state index in [0.29, 0.717) is 6.04 Å². The molecule has 0 aromatic rings. The quantitative estimate of drug-likeness (QED) is 0.599. The Morgan fingerprint density at radius 3 is 2.64 bits per heavy atom. The number of hydrogen-bond acceptors (Lipinski definition) is 2. The predicted octanol–water partition coefficient (Wildman–Crippen LogP) is 2.24. The Morgan fingerprint density at radius 2 is 2.27 bits per heavy atom. The van der Waals surface area contributed by atoms with E-state index < -0.39 is 0 Å². The molecule has 0 aromatic carbocycles. The Labute approximate surface area is 68.7 Å². The molecule has 1 unspecified atom stereocenters. The summed E-state index contributed by atoms with van der Waals surface area (Å²) in [6.45, 7) is 9.35. The smallest absolute Gasteiger partial charge is 0.189 e. The van der Waals surface area contributed by atoms with Crippen LogP contribution in [0.2, 0.25) is 0 Å². The minimum Gasteiger partial charge on any atom is -0.478 e. The third-order valence-corrected chi connectivity index (χ3v) is 2.26. The van der Waals surface area contributed by atoms with Crippen LogP contribution in [0.5, 0.6) is 0 Å². The van der Waals surface area contributed by atoms with Crippen LogP contribution in [0.25, 0.3) is 0 Å². The third-order valence-electron chi connectivity index (χ3n) is 2.26. The second-order valence-corrected chi connectivity index (χ2v) is 3.83. The number of aliphatic imine (C=N–C) groups is 1. The van der Waals surface area contributed by atoms with Gasteiger partial charge < -0.3 is 4.74 Å². The van der Waals surface area contributed by atoms with Gasteiger partial charge in [-0.05, 0) is 13.3 Å². The van der Waals surface area contributed by atoms with Crippen LogP contribution >= 0.6 is 0 Å². The third kappa shape index (κ3) is 1.73. The molecule has 0 fully saturated rings. The highest BCUT2D eigenvalue weighted by Gasteiger charge is 2.28. The highest BCUT2D eigenvalue weighted by Crippen LogP contribution is 2.26. The van der Waals surface area contributed by atoms with Gasteiger partial charge in [-0.25, -0.2) is 4.99 Å². The lowest BCUT2D eigenvalue weighted by Crippen LogP contribution is -2.23. The minimum absolute atomic E-state index is 0.130. The second-order valence-electron chi connectivity index (χ2n) is 3.83.